The number of halogens is 1. The molecule has 5 heterocycles. The molecule has 7 nitrogen and oxygen atoms in total. The first-order chi connectivity index (χ1) is 14.0. The Morgan fingerprint density at radius 3 is 2.76 bits per heavy atom. The fourth-order valence-corrected chi connectivity index (χ4v) is 6.15. The number of piperidine rings is 3. The summed E-state index contributed by atoms with van der Waals surface area (Å²) in [5.74, 6) is 1.48. The van der Waals surface area contributed by atoms with E-state index >= 15 is 0 Å². The van der Waals surface area contributed by atoms with E-state index in [0.29, 0.717) is 43.6 Å². The van der Waals surface area contributed by atoms with E-state index in [1.54, 1.807) is 11.0 Å². The van der Waals surface area contributed by atoms with Gasteiger partial charge in [0, 0.05) is 44.6 Å². The van der Waals surface area contributed by atoms with Crippen molar-refractivity contribution >= 4 is 23.4 Å². The molecule has 0 radical (unpaired) electrons. The van der Waals surface area contributed by atoms with E-state index in [0.717, 1.165) is 38.1 Å². The number of carbonyl (C=O) groups excluding carboxylic acids is 2. The summed E-state index contributed by atoms with van der Waals surface area (Å²) in [4.78, 5) is 32.4. The fourth-order valence-electron chi connectivity index (χ4n) is 5.99. The number of rotatable bonds is 3. The molecule has 8 heteroatoms. The molecule has 1 aromatic rings. The lowest BCUT2D eigenvalue weighted by Crippen LogP contribution is -2.68. The van der Waals surface area contributed by atoms with E-state index in [4.69, 9.17) is 16.0 Å². The van der Waals surface area contributed by atoms with Gasteiger partial charge in [0.25, 0.3) is 0 Å². The first kappa shape index (κ1) is 19.4. The maximum atomic E-state index is 13.5. The number of amides is 2. The molecule has 5 rings (SSSR count). The van der Waals surface area contributed by atoms with Crippen LogP contribution in [0.2, 0.25) is 5.22 Å². The third-order valence-corrected chi connectivity index (χ3v) is 7.36. The Hall–Kier alpha value is -1.57. The van der Waals surface area contributed by atoms with Crippen LogP contribution in [-0.4, -0.2) is 76.0 Å². The molecule has 1 aromatic heterocycles. The molecule has 4 saturated heterocycles. The Morgan fingerprint density at radius 2 is 2.03 bits per heavy atom. The van der Waals surface area contributed by atoms with Gasteiger partial charge in [0.1, 0.15) is 11.8 Å². The Morgan fingerprint density at radius 1 is 1.21 bits per heavy atom. The molecule has 0 saturated carbocycles. The fraction of sp³-hybridized carbons (Fsp3) is 0.714. The van der Waals surface area contributed by atoms with E-state index in [1.807, 2.05) is 11.0 Å². The number of hydrogen-bond donors (Lipinski definition) is 1. The lowest BCUT2D eigenvalue weighted by molar-refractivity contribution is -0.165. The van der Waals surface area contributed by atoms with E-state index in [1.165, 1.54) is 0 Å². The number of hydrogen-bond acceptors (Lipinski definition) is 5. The van der Waals surface area contributed by atoms with Crippen LogP contribution in [0, 0.1) is 11.8 Å². The van der Waals surface area contributed by atoms with Gasteiger partial charge in [-0.25, -0.2) is 0 Å². The number of likely N-dealkylation sites (tertiary alicyclic amines) is 2. The summed E-state index contributed by atoms with van der Waals surface area (Å²) < 4.78 is 5.56. The van der Waals surface area contributed by atoms with E-state index in [2.05, 4.69) is 4.90 Å². The van der Waals surface area contributed by atoms with Crippen LogP contribution in [0.3, 0.4) is 0 Å². The molecular formula is C21H28ClN3O4. The lowest BCUT2D eigenvalue weighted by atomic mass is 9.71. The van der Waals surface area contributed by atoms with Crippen LogP contribution in [0.4, 0.5) is 0 Å². The molecule has 5 atom stereocenters. The summed E-state index contributed by atoms with van der Waals surface area (Å²) in [7, 11) is 0. The number of nitrogens with zero attached hydrogens (tertiary/aromatic N) is 3. The molecule has 4 aliphatic rings. The summed E-state index contributed by atoms with van der Waals surface area (Å²) in [5, 5.41) is 10.3. The van der Waals surface area contributed by atoms with Crippen LogP contribution in [0.25, 0.3) is 0 Å². The first-order valence-electron chi connectivity index (χ1n) is 10.7. The largest absolute Gasteiger partial charge is 0.448 e. The zero-order valence-corrected chi connectivity index (χ0v) is 17.3. The van der Waals surface area contributed by atoms with Crippen LogP contribution in [0.1, 0.15) is 37.9 Å². The molecule has 0 spiro atoms. The third kappa shape index (κ3) is 3.57. The molecule has 4 aliphatic heterocycles. The topological polar surface area (TPSA) is 77.2 Å². The van der Waals surface area contributed by atoms with Gasteiger partial charge in [0.15, 0.2) is 5.22 Å². The maximum Gasteiger partial charge on any atom is 0.245 e. The summed E-state index contributed by atoms with van der Waals surface area (Å²) in [5.41, 5.74) is 0. The number of furan rings is 1. The van der Waals surface area contributed by atoms with Crippen molar-refractivity contribution in [2.75, 3.05) is 26.2 Å². The summed E-state index contributed by atoms with van der Waals surface area (Å²) in [6, 6.07) is 3.39. The SMILES string of the molecule is O=C([C@H]1[C@@H]2C[C@@H](CN(Cc3ccc(Cl)o3)C2)[C@@H]2CCCC(=O)N21)N1CC[C@H](O)C1. The highest BCUT2D eigenvalue weighted by Gasteiger charge is 2.53. The van der Waals surface area contributed by atoms with Gasteiger partial charge >= 0.3 is 0 Å². The van der Waals surface area contributed by atoms with E-state index in [-0.39, 0.29) is 23.8 Å². The third-order valence-electron chi connectivity index (χ3n) is 7.15. The van der Waals surface area contributed by atoms with Gasteiger partial charge in [-0.15, -0.1) is 0 Å². The van der Waals surface area contributed by atoms with Crippen molar-refractivity contribution in [2.45, 2.75) is 56.8 Å². The number of aliphatic hydroxyl groups excluding tert-OH is 1. The van der Waals surface area contributed by atoms with Gasteiger partial charge in [-0.05, 0) is 55.3 Å². The minimum atomic E-state index is -0.449. The minimum absolute atomic E-state index is 0.0214. The van der Waals surface area contributed by atoms with Crippen LogP contribution in [0.15, 0.2) is 16.5 Å². The number of β-amino-alcohol motifs (C(OH)–C–C–N with tert-alkyl or cyclic N) is 1. The number of aliphatic hydroxyl groups is 1. The molecule has 1 N–H and O–H groups in total. The zero-order valence-electron chi connectivity index (χ0n) is 16.5. The van der Waals surface area contributed by atoms with Crippen LogP contribution < -0.4 is 0 Å². The second kappa shape index (κ2) is 7.60. The Bertz CT molecular complexity index is 799. The Labute approximate surface area is 175 Å². The van der Waals surface area contributed by atoms with E-state index in [9.17, 15) is 14.7 Å². The van der Waals surface area contributed by atoms with Crippen LogP contribution >= 0.6 is 11.6 Å². The lowest BCUT2D eigenvalue weighted by Gasteiger charge is -2.56. The van der Waals surface area contributed by atoms with Gasteiger partial charge in [-0.2, -0.15) is 0 Å². The van der Waals surface area contributed by atoms with Gasteiger partial charge < -0.3 is 19.3 Å². The highest BCUT2D eigenvalue weighted by atomic mass is 35.5. The summed E-state index contributed by atoms with van der Waals surface area (Å²) in [6.07, 6.45) is 3.56. The van der Waals surface area contributed by atoms with E-state index < -0.39 is 12.1 Å². The zero-order chi connectivity index (χ0) is 20.1. The molecule has 2 amide bonds. The highest BCUT2D eigenvalue weighted by Crippen LogP contribution is 2.42. The van der Waals surface area contributed by atoms with Gasteiger partial charge in [-0.1, -0.05) is 0 Å². The number of fused-ring (bicyclic) bond motifs is 4. The summed E-state index contributed by atoms with van der Waals surface area (Å²) >= 11 is 5.93. The van der Waals surface area contributed by atoms with Gasteiger partial charge in [0.2, 0.25) is 11.8 Å². The average molecular weight is 422 g/mol. The second-order valence-corrected chi connectivity index (χ2v) is 9.46. The van der Waals surface area contributed by atoms with Crippen molar-refractivity contribution in [3.05, 3.63) is 23.1 Å². The molecular weight excluding hydrogens is 394 g/mol. The standard InChI is InChI=1S/C21H28ClN3O4/c22-18-5-4-16(29-18)12-23-9-13-8-14(10-23)20(21(28)24-7-6-15(26)11-24)25-17(13)2-1-3-19(25)27/h4-5,13-15,17,20,26H,1-3,6-12H2/t13-,14+,15-,17-,20+/m0/s1. The molecule has 4 fully saturated rings. The predicted octanol–water partition coefficient (Wildman–Crippen LogP) is 1.73. The predicted molar refractivity (Wildman–Crippen MR) is 106 cm³/mol. The van der Waals surface area contributed by atoms with Gasteiger partial charge in [0.05, 0.1) is 12.6 Å². The Balaban J connectivity index is 1.40. The second-order valence-electron chi connectivity index (χ2n) is 9.09. The molecule has 0 aromatic carbocycles. The number of carbonyl (C=O) groups is 2. The minimum Gasteiger partial charge on any atom is -0.448 e. The highest BCUT2D eigenvalue weighted by molar-refractivity contribution is 6.28. The molecule has 158 valence electrons. The van der Waals surface area contributed by atoms with Crippen molar-refractivity contribution in [1.29, 1.82) is 0 Å². The molecule has 29 heavy (non-hydrogen) atoms. The van der Waals surface area contributed by atoms with Crippen LogP contribution in [-0.2, 0) is 16.1 Å². The summed E-state index contributed by atoms with van der Waals surface area (Å²) in [6.45, 7) is 3.30. The monoisotopic (exact) mass is 421 g/mol. The van der Waals surface area contributed by atoms with Crippen LogP contribution in [0.5, 0.6) is 0 Å². The first-order valence-corrected chi connectivity index (χ1v) is 11.1. The van der Waals surface area contributed by atoms with Gasteiger partial charge in [-0.3, -0.25) is 14.5 Å². The smallest absolute Gasteiger partial charge is 0.245 e. The molecule has 0 unspecified atom stereocenters. The average Bonchev–Trinajstić information content (AvgIpc) is 3.30. The molecule has 2 bridgehead atoms. The molecule has 0 aliphatic carbocycles. The van der Waals surface area contributed by atoms with Crippen molar-refractivity contribution in [2.24, 2.45) is 11.8 Å². The quantitative estimate of drug-likeness (QED) is 0.804. The van der Waals surface area contributed by atoms with Crippen molar-refractivity contribution in [3.63, 3.8) is 0 Å². The Kier molecular flexibility index (Phi) is 5.08. The van der Waals surface area contributed by atoms with Crippen molar-refractivity contribution in [3.8, 4) is 0 Å². The normalized spacial score (nSPS) is 35.1. The van der Waals surface area contributed by atoms with Crippen molar-refractivity contribution < 1.29 is 19.1 Å². The maximum absolute atomic E-state index is 13.5. The van der Waals surface area contributed by atoms with Crippen molar-refractivity contribution in [1.82, 2.24) is 14.7 Å².